The first-order chi connectivity index (χ1) is 15.1. The van der Waals surface area contributed by atoms with Gasteiger partial charge in [-0.3, -0.25) is 14.8 Å². The van der Waals surface area contributed by atoms with Crippen LogP contribution in [0.1, 0.15) is 16.2 Å². The van der Waals surface area contributed by atoms with Crippen molar-refractivity contribution in [1.82, 2.24) is 20.0 Å². The van der Waals surface area contributed by atoms with Crippen LogP contribution in [0.2, 0.25) is 15.1 Å². The summed E-state index contributed by atoms with van der Waals surface area (Å²) in [5, 5.41) is 3.05. The highest BCUT2D eigenvalue weighted by Gasteiger charge is 2.27. The van der Waals surface area contributed by atoms with Gasteiger partial charge in [0.25, 0.3) is 5.91 Å². The lowest BCUT2D eigenvalue weighted by Gasteiger charge is -2.26. The van der Waals surface area contributed by atoms with E-state index in [1.54, 1.807) is 42.3 Å². The Bertz CT molecular complexity index is 1280. The summed E-state index contributed by atoms with van der Waals surface area (Å²) < 4.78 is 25.1. The van der Waals surface area contributed by atoms with E-state index in [1.807, 2.05) is 16.7 Å². The minimum absolute atomic E-state index is 0.00287. The summed E-state index contributed by atoms with van der Waals surface area (Å²) >= 11 is 18.6. The summed E-state index contributed by atoms with van der Waals surface area (Å²) in [7, 11) is -3.06. The second-order valence-corrected chi connectivity index (χ2v) is 11.0. The zero-order valence-electron chi connectivity index (χ0n) is 17.0. The summed E-state index contributed by atoms with van der Waals surface area (Å²) in [5.41, 5.74) is 4.93. The van der Waals surface area contributed by atoms with Crippen LogP contribution in [-0.2, 0) is 9.84 Å². The van der Waals surface area contributed by atoms with Crippen LogP contribution < -0.4 is 5.43 Å². The molecule has 1 aromatic heterocycles. The molecule has 0 saturated carbocycles. The molecule has 7 nitrogen and oxygen atoms in total. The molecule has 1 aliphatic heterocycles. The molecule has 0 aliphatic carbocycles. The average Bonchev–Trinajstić information content (AvgIpc) is 3.07. The highest BCUT2D eigenvalue weighted by Crippen LogP contribution is 2.33. The van der Waals surface area contributed by atoms with Crippen LogP contribution in [0.15, 0.2) is 42.5 Å². The number of hydrogen-bond acceptors (Lipinski definition) is 5. The number of rotatable bonds is 4. The first-order valence-corrected chi connectivity index (χ1v) is 12.7. The molecule has 4 rings (SSSR count). The van der Waals surface area contributed by atoms with Gasteiger partial charge in [0.05, 0.1) is 22.2 Å². The number of nitrogens with zero attached hydrogens (tertiary/aromatic N) is 3. The number of sulfone groups is 1. The number of halogens is 3. The molecule has 1 N–H and O–H groups in total. The van der Waals surface area contributed by atoms with Gasteiger partial charge in [0.2, 0.25) is 0 Å². The minimum atomic E-state index is -3.06. The Morgan fingerprint density at radius 2 is 1.62 bits per heavy atom. The van der Waals surface area contributed by atoms with Crippen LogP contribution >= 0.6 is 34.8 Å². The van der Waals surface area contributed by atoms with Gasteiger partial charge in [-0.05, 0) is 49.4 Å². The number of aromatic nitrogens is 2. The third kappa shape index (κ3) is 4.79. The third-order valence-corrected chi connectivity index (χ3v) is 7.59. The fraction of sp³-hybridized carbons (Fsp3) is 0.238. The molecule has 0 bridgehead atoms. The first-order valence-electron chi connectivity index (χ1n) is 9.72. The Balaban J connectivity index is 1.75. The molecule has 168 valence electrons. The predicted molar refractivity (Wildman–Crippen MR) is 126 cm³/mol. The van der Waals surface area contributed by atoms with Crippen LogP contribution in [0.25, 0.3) is 17.1 Å². The summed E-state index contributed by atoms with van der Waals surface area (Å²) in [6.45, 7) is 2.23. The number of hydrogen-bond donors (Lipinski definition) is 1. The van der Waals surface area contributed by atoms with Crippen molar-refractivity contribution in [2.45, 2.75) is 6.92 Å². The lowest BCUT2D eigenvalue weighted by Crippen LogP contribution is -2.50. The lowest BCUT2D eigenvalue weighted by molar-refractivity contribution is 0.0796. The highest BCUT2D eigenvalue weighted by atomic mass is 35.5. The molecule has 0 unspecified atom stereocenters. The molecule has 1 amide bonds. The van der Waals surface area contributed by atoms with Gasteiger partial charge < -0.3 is 0 Å². The molecular weight excluding hydrogens is 495 g/mol. The smallest absolute Gasteiger partial charge is 0.286 e. The van der Waals surface area contributed by atoms with Crippen molar-refractivity contribution in [2.24, 2.45) is 0 Å². The van der Waals surface area contributed by atoms with Gasteiger partial charge >= 0.3 is 0 Å². The standard InChI is InChI=1S/C21H19Cl3N4O3S/c1-13-19(21(29)26-27-8-10-32(30,31)11-9-27)25-20(17-7-4-15(23)12-18(17)24)28(13)16-5-2-14(22)3-6-16/h2-7,12H,8-11H2,1H3,(H,26,29). The van der Waals surface area contributed by atoms with Crippen LogP contribution in [0.3, 0.4) is 0 Å². The van der Waals surface area contributed by atoms with Crippen molar-refractivity contribution in [3.8, 4) is 17.1 Å². The SMILES string of the molecule is Cc1c(C(=O)NN2CCS(=O)(=O)CC2)nc(-c2ccc(Cl)cc2Cl)n1-c1ccc(Cl)cc1. The number of imidazole rings is 1. The van der Waals surface area contributed by atoms with Gasteiger partial charge in [0.15, 0.2) is 15.5 Å². The van der Waals surface area contributed by atoms with E-state index in [1.165, 1.54) is 0 Å². The van der Waals surface area contributed by atoms with Crippen LogP contribution in [-0.4, -0.2) is 53.5 Å². The number of amides is 1. The maximum Gasteiger partial charge on any atom is 0.286 e. The second-order valence-electron chi connectivity index (χ2n) is 7.39. The zero-order chi connectivity index (χ0) is 23.0. The molecule has 1 fully saturated rings. The molecule has 2 heterocycles. The first kappa shape index (κ1) is 23.1. The second kappa shape index (κ2) is 9.03. The quantitative estimate of drug-likeness (QED) is 0.566. The van der Waals surface area contributed by atoms with Gasteiger partial charge in [-0.1, -0.05) is 34.8 Å². The van der Waals surface area contributed by atoms with E-state index in [-0.39, 0.29) is 30.3 Å². The maximum atomic E-state index is 13.1. The number of hydrazine groups is 1. The van der Waals surface area contributed by atoms with E-state index >= 15 is 0 Å². The number of benzene rings is 2. The fourth-order valence-electron chi connectivity index (χ4n) is 3.50. The average molecular weight is 514 g/mol. The van der Waals surface area contributed by atoms with Crippen molar-refractivity contribution in [2.75, 3.05) is 24.6 Å². The van der Waals surface area contributed by atoms with E-state index in [9.17, 15) is 13.2 Å². The Morgan fingerprint density at radius 1 is 1.00 bits per heavy atom. The van der Waals surface area contributed by atoms with E-state index in [0.29, 0.717) is 32.1 Å². The minimum Gasteiger partial charge on any atom is -0.296 e. The monoisotopic (exact) mass is 512 g/mol. The topological polar surface area (TPSA) is 84.3 Å². The van der Waals surface area contributed by atoms with Gasteiger partial charge in [-0.25, -0.2) is 18.4 Å². The fourth-order valence-corrected chi connectivity index (χ4v) is 5.32. The van der Waals surface area contributed by atoms with Gasteiger partial charge in [0.1, 0.15) is 5.82 Å². The molecular formula is C21H19Cl3N4O3S. The van der Waals surface area contributed by atoms with E-state index in [0.717, 1.165) is 5.69 Å². The Morgan fingerprint density at radius 3 is 2.25 bits per heavy atom. The van der Waals surface area contributed by atoms with Crippen molar-refractivity contribution < 1.29 is 13.2 Å². The van der Waals surface area contributed by atoms with Crippen LogP contribution in [0.5, 0.6) is 0 Å². The largest absolute Gasteiger partial charge is 0.296 e. The zero-order valence-corrected chi connectivity index (χ0v) is 20.1. The van der Waals surface area contributed by atoms with Crippen molar-refractivity contribution in [1.29, 1.82) is 0 Å². The number of carbonyl (C=O) groups excluding carboxylic acids is 1. The molecule has 0 spiro atoms. The number of nitrogens with one attached hydrogen (secondary N) is 1. The molecule has 0 atom stereocenters. The summed E-state index contributed by atoms with van der Waals surface area (Å²) in [5.74, 6) is 0.0347. The Labute approximate surface area is 200 Å². The van der Waals surface area contributed by atoms with Crippen LogP contribution in [0.4, 0.5) is 0 Å². The summed E-state index contributed by atoms with van der Waals surface area (Å²) in [4.78, 5) is 17.7. The Hall–Kier alpha value is -2.10. The highest BCUT2D eigenvalue weighted by molar-refractivity contribution is 7.91. The molecule has 32 heavy (non-hydrogen) atoms. The maximum absolute atomic E-state index is 13.1. The van der Waals surface area contributed by atoms with E-state index in [2.05, 4.69) is 10.4 Å². The van der Waals surface area contributed by atoms with Crippen molar-refractivity contribution in [3.63, 3.8) is 0 Å². The number of carbonyl (C=O) groups is 1. The summed E-state index contributed by atoms with van der Waals surface area (Å²) in [6.07, 6.45) is 0. The van der Waals surface area contributed by atoms with Gasteiger partial charge in [0, 0.05) is 34.4 Å². The van der Waals surface area contributed by atoms with Crippen molar-refractivity contribution >= 4 is 50.5 Å². The molecule has 0 radical (unpaired) electrons. The van der Waals surface area contributed by atoms with Gasteiger partial charge in [-0.2, -0.15) is 0 Å². The lowest BCUT2D eigenvalue weighted by atomic mass is 10.2. The molecule has 1 saturated heterocycles. The molecule has 3 aromatic rings. The van der Waals surface area contributed by atoms with E-state index < -0.39 is 15.7 Å². The normalized spacial score (nSPS) is 16.1. The van der Waals surface area contributed by atoms with Crippen molar-refractivity contribution in [3.05, 3.63) is 68.9 Å². The Kier molecular flexibility index (Phi) is 6.51. The van der Waals surface area contributed by atoms with Gasteiger partial charge in [-0.15, -0.1) is 0 Å². The molecule has 1 aliphatic rings. The molecule has 2 aromatic carbocycles. The predicted octanol–water partition coefficient (Wildman–Crippen LogP) is 4.18. The molecule has 11 heteroatoms. The van der Waals surface area contributed by atoms with Crippen LogP contribution in [0, 0.1) is 6.92 Å². The summed E-state index contributed by atoms with van der Waals surface area (Å²) in [6, 6.07) is 12.2. The third-order valence-electron chi connectivity index (χ3n) is 5.18. The van der Waals surface area contributed by atoms with E-state index in [4.69, 9.17) is 34.8 Å².